The van der Waals surface area contributed by atoms with Gasteiger partial charge >= 0.3 is 0 Å². The number of carbonyl (C=O) groups is 1. The summed E-state index contributed by atoms with van der Waals surface area (Å²) >= 11 is 0. The molecule has 2 atom stereocenters. The van der Waals surface area contributed by atoms with Crippen molar-refractivity contribution >= 4 is 15.9 Å². The predicted molar refractivity (Wildman–Crippen MR) is 50.4 cm³/mol. The van der Waals surface area contributed by atoms with Crippen LogP contribution in [0, 0.1) is 11.3 Å². The Kier molecular flexibility index (Phi) is 1.72. The van der Waals surface area contributed by atoms with Crippen molar-refractivity contribution in [3.63, 3.8) is 0 Å². The van der Waals surface area contributed by atoms with Gasteiger partial charge in [0.05, 0.1) is 0 Å². The van der Waals surface area contributed by atoms with Gasteiger partial charge < -0.3 is 0 Å². The highest BCUT2D eigenvalue weighted by molar-refractivity contribution is 7.88. The highest BCUT2D eigenvalue weighted by Gasteiger charge is 2.70. The normalized spacial score (nSPS) is 40.5. The van der Waals surface area contributed by atoms with Gasteiger partial charge in [0.2, 0.25) is 0 Å². The van der Waals surface area contributed by atoms with Crippen LogP contribution in [0.4, 0.5) is 0 Å². The summed E-state index contributed by atoms with van der Waals surface area (Å²) in [6.07, 6.45) is 1.30. The summed E-state index contributed by atoms with van der Waals surface area (Å²) in [6, 6.07) is 0. The first-order chi connectivity index (χ1) is 6.23. The fraction of sp³-hybridized carbons (Fsp3) is 0.889. The minimum absolute atomic E-state index is 0.108. The summed E-state index contributed by atoms with van der Waals surface area (Å²) in [4.78, 5) is 11.7. The average Bonchev–Trinajstić information content (AvgIpc) is 2.34. The second kappa shape index (κ2) is 2.39. The second-order valence-electron chi connectivity index (χ2n) is 4.89. The fourth-order valence-corrected chi connectivity index (χ4v) is 4.82. The van der Waals surface area contributed by atoms with Crippen LogP contribution in [-0.2, 0) is 14.9 Å². The lowest BCUT2D eigenvalue weighted by Crippen LogP contribution is -2.50. The van der Waals surface area contributed by atoms with Gasteiger partial charge in [-0.25, -0.2) is 0 Å². The van der Waals surface area contributed by atoms with Crippen molar-refractivity contribution in [3.8, 4) is 0 Å². The van der Waals surface area contributed by atoms with Gasteiger partial charge in [-0.15, -0.1) is 0 Å². The first-order valence-electron chi connectivity index (χ1n) is 4.74. The molecule has 5 heteroatoms. The van der Waals surface area contributed by atoms with Crippen LogP contribution in [0.1, 0.15) is 33.1 Å². The maximum Gasteiger partial charge on any atom is 0.278 e. The molecule has 2 bridgehead atoms. The molecule has 80 valence electrons. The third-order valence-corrected chi connectivity index (χ3v) is 6.07. The number of Topliss-reactive ketones (excluding diaryl/α,β-unsaturated/α-hetero) is 1. The van der Waals surface area contributed by atoms with Gasteiger partial charge in [0.15, 0.2) is 10.5 Å². The van der Waals surface area contributed by atoms with Crippen LogP contribution < -0.4 is 0 Å². The Labute approximate surface area is 83.4 Å². The van der Waals surface area contributed by atoms with Crippen molar-refractivity contribution in [1.29, 1.82) is 0 Å². The molecule has 0 saturated heterocycles. The molecule has 0 amide bonds. The molecule has 0 aromatic carbocycles. The summed E-state index contributed by atoms with van der Waals surface area (Å²) in [5, 5.41) is 0. The Morgan fingerprint density at radius 2 is 2.00 bits per heavy atom. The second-order valence-corrected chi connectivity index (χ2v) is 6.53. The average molecular weight is 218 g/mol. The number of ketones is 1. The van der Waals surface area contributed by atoms with Crippen LogP contribution in [0.2, 0.25) is 0 Å². The van der Waals surface area contributed by atoms with Gasteiger partial charge in [-0.2, -0.15) is 8.42 Å². The Bertz CT molecular complexity index is 395. The lowest BCUT2D eigenvalue weighted by molar-refractivity contribution is -0.121. The van der Waals surface area contributed by atoms with Crippen molar-refractivity contribution in [3.05, 3.63) is 0 Å². The van der Waals surface area contributed by atoms with E-state index in [4.69, 9.17) is 0 Å². The van der Waals surface area contributed by atoms with E-state index in [0.29, 0.717) is 6.42 Å². The number of carbonyl (C=O) groups excluding carboxylic acids is 1. The summed E-state index contributed by atoms with van der Waals surface area (Å²) in [5.41, 5.74) is -0.613. The highest BCUT2D eigenvalue weighted by atomic mass is 32.2. The molecule has 1 N–H and O–H groups in total. The molecule has 0 radical (unpaired) electrons. The Morgan fingerprint density at radius 3 is 2.21 bits per heavy atom. The summed E-state index contributed by atoms with van der Waals surface area (Å²) in [6.45, 7) is 3.53. The first kappa shape index (κ1) is 10.1. The van der Waals surface area contributed by atoms with Crippen LogP contribution in [0.15, 0.2) is 0 Å². The molecule has 0 unspecified atom stereocenters. The number of hydrogen-bond acceptors (Lipinski definition) is 3. The lowest BCUT2D eigenvalue weighted by atomic mass is 9.81. The van der Waals surface area contributed by atoms with E-state index in [9.17, 15) is 17.8 Å². The quantitative estimate of drug-likeness (QED) is 0.667. The van der Waals surface area contributed by atoms with Crippen LogP contribution in [0.25, 0.3) is 0 Å². The van der Waals surface area contributed by atoms with Crippen molar-refractivity contribution in [2.75, 3.05) is 0 Å². The maximum atomic E-state index is 11.7. The minimum atomic E-state index is -4.28. The molecular formula is C9H14O4S. The molecule has 2 saturated carbocycles. The third kappa shape index (κ3) is 0.827. The van der Waals surface area contributed by atoms with E-state index in [1.165, 1.54) is 0 Å². The van der Waals surface area contributed by atoms with Crippen molar-refractivity contribution < 1.29 is 17.8 Å². The zero-order valence-corrected chi connectivity index (χ0v) is 9.10. The summed E-state index contributed by atoms with van der Waals surface area (Å²) in [5.74, 6) is -0.196. The molecule has 0 heterocycles. The number of rotatable bonds is 1. The molecule has 4 nitrogen and oxygen atoms in total. The smallest absolute Gasteiger partial charge is 0.278 e. The molecule has 2 rings (SSSR count). The monoisotopic (exact) mass is 218 g/mol. The summed E-state index contributed by atoms with van der Waals surface area (Å²) < 4.78 is 30.5. The molecule has 0 aliphatic heterocycles. The molecule has 14 heavy (non-hydrogen) atoms. The third-order valence-electron chi connectivity index (χ3n) is 4.23. The van der Waals surface area contributed by atoms with Gasteiger partial charge in [-0.3, -0.25) is 9.35 Å². The molecule has 0 spiro atoms. The zero-order valence-electron chi connectivity index (χ0n) is 8.28. The van der Waals surface area contributed by atoms with Crippen LogP contribution in [-0.4, -0.2) is 23.5 Å². The topological polar surface area (TPSA) is 71.4 Å². The van der Waals surface area contributed by atoms with Gasteiger partial charge in [0.25, 0.3) is 10.1 Å². The number of fused-ring (bicyclic) bond motifs is 2. The summed E-state index contributed by atoms with van der Waals surface area (Å²) in [7, 11) is -4.28. The molecule has 2 aliphatic carbocycles. The van der Waals surface area contributed by atoms with E-state index in [1.807, 2.05) is 0 Å². The molecule has 2 fully saturated rings. The van der Waals surface area contributed by atoms with E-state index in [0.717, 1.165) is 6.42 Å². The van der Waals surface area contributed by atoms with Gasteiger partial charge in [0, 0.05) is 6.42 Å². The molecule has 0 aromatic heterocycles. The van der Waals surface area contributed by atoms with E-state index in [-0.39, 0.29) is 18.1 Å². The standard InChI is InChI=1S/C9H14O4S/c1-8(2)6-3-4-9(8,7(10)5-6)14(11,12)13/h6H,3-5H2,1-2H3,(H,11,12,13)/t6-,9-/m0/s1. The maximum absolute atomic E-state index is 11.7. The molecule has 2 aliphatic rings. The van der Waals surface area contributed by atoms with E-state index < -0.39 is 20.3 Å². The molecular weight excluding hydrogens is 204 g/mol. The highest BCUT2D eigenvalue weighted by Crippen LogP contribution is 2.61. The van der Waals surface area contributed by atoms with Crippen molar-refractivity contribution in [2.45, 2.75) is 37.9 Å². The SMILES string of the molecule is CC1(C)[C@H]2CC[C@]1(S(=O)(=O)O)C(=O)C2. The van der Waals surface area contributed by atoms with Crippen molar-refractivity contribution in [1.82, 2.24) is 0 Å². The minimum Gasteiger partial charge on any atom is -0.298 e. The van der Waals surface area contributed by atoms with Crippen LogP contribution in [0.5, 0.6) is 0 Å². The predicted octanol–water partition coefficient (Wildman–Crippen LogP) is 1.02. The van der Waals surface area contributed by atoms with Gasteiger partial charge in [-0.1, -0.05) is 13.8 Å². The Balaban J connectivity index is 2.68. The largest absolute Gasteiger partial charge is 0.298 e. The Hall–Kier alpha value is -0.420. The zero-order chi connectivity index (χ0) is 10.8. The van der Waals surface area contributed by atoms with E-state index in [1.54, 1.807) is 13.8 Å². The van der Waals surface area contributed by atoms with Crippen LogP contribution >= 0.6 is 0 Å². The van der Waals surface area contributed by atoms with Gasteiger partial charge in [0.1, 0.15) is 0 Å². The Morgan fingerprint density at radius 1 is 1.43 bits per heavy atom. The fourth-order valence-electron chi connectivity index (χ4n) is 3.24. The van der Waals surface area contributed by atoms with Crippen molar-refractivity contribution in [2.24, 2.45) is 11.3 Å². The lowest BCUT2D eigenvalue weighted by Gasteiger charge is -2.32. The number of hydrogen-bond donors (Lipinski definition) is 1. The van der Waals surface area contributed by atoms with Crippen LogP contribution in [0.3, 0.4) is 0 Å². The molecule has 0 aromatic rings. The van der Waals surface area contributed by atoms with Gasteiger partial charge in [-0.05, 0) is 24.2 Å². The van der Waals surface area contributed by atoms with E-state index >= 15 is 0 Å². The van der Waals surface area contributed by atoms with E-state index in [2.05, 4.69) is 0 Å². The first-order valence-corrected chi connectivity index (χ1v) is 6.18.